The molecule has 0 atom stereocenters. The molecule has 1 heterocycles. The van der Waals surface area contributed by atoms with Gasteiger partial charge in [0.15, 0.2) is 11.5 Å². The van der Waals surface area contributed by atoms with Crippen LogP contribution >= 0.6 is 11.6 Å². The summed E-state index contributed by atoms with van der Waals surface area (Å²) in [5, 5.41) is 0.520. The predicted molar refractivity (Wildman–Crippen MR) is 93.2 cm³/mol. The monoisotopic (exact) mass is 379 g/mol. The number of carbonyl (C=O) groups excluding carboxylic acids is 1. The zero-order valence-electron chi connectivity index (χ0n) is 12.9. The molecule has 0 spiro atoms. The van der Waals surface area contributed by atoms with E-state index < -0.39 is 15.9 Å². The van der Waals surface area contributed by atoms with Gasteiger partial charge in [0.05, 0.1) is 4.90 Å². The Bertz CT molecular complexity index is 940. The van der Waals surface area contributed by atoms with Crippen molar-refractivity contribution in [1.82, 2.24) is 4.72 Å². The number of rotatable bonds is 4. The fourth-order valence-electron chi connectivity index (χ4n) is 2.20. The van der Waals surface area contributed by atoms with E-state index in [9.17, 15) is 13.2 Å². The first-order valence-corrected chi connectivity index (χ1v) is 9.20. The second-order valence-corrected chi connectivity index (χ2v) is 7.28. The van der Waals surface area contributed by atoms with E-state index in [1.165, 1.54) is 24.3 Å². The summed E-state index contributed by atoms with van der Waals surface area (Å²) in [5.41, 5.74) is 0.680. The molecule has 2 aromatic rings. The minimum absolute atomic E-state index is 0.0822. The summed E-state index contributed by atoms with van der Waals surface area (Å²) in [6.07, 6.45) is 2.60. The van der Waals surface area contributed by atoms with Gasteiger partial charge in [0.1, 0.15) is 13.2 Å². The van der Waals surface area contributed by atoms with Crippen molar-refractivity contribution in [2.75, 3.05) is 13.2 Å². The lowest BCUT2D eigenvalue weighted by Gasteiger charge is -2.18. The van der Waals surface area contributed by atoms with Gasteiger partial charge in [-0.25, -0.2) is 13.1 Å². The molecule has 1 aliphatic heterocycles. The summed E-state index contributed by atoms with van der Waals surface area (Å²) in [7, 11) is -4.02. The van der Waals surface area contributed by atoms with Gasteiger partial charge in [0.2, 0.25) is 0 Å². The molecular formula is C17H14ClNO5S. The molecule has 3 rings (SSSR count). The van der Waals surface area contributed by atoms with Crippen LogP contribution in [-0.4, -0.2) is 27.5 Å². The standard InChI is InChI=1S/C17H14ClNO5S/c18-13-3-1-2-12(10-13)4-7-17(20)19-25(21,22)14-5-6-15-16(11-14)24-9-8-23-15/h1-7,10-11H,8-9H2,(H,19,20). The molecule has 25 heavy (non-hydrogen) atoms. The highest BCUT2D eigenvalue weighted by Gasteiger charge is 2.20. The van der Waals surface area contributed by atoms with E-state index in [1.54, 1.807) is 24.3 Å². The van der Waals surface area contributed by atoms with E-state index in [4.69, 9.17) is 21.1 Å². The number of carbonyl (C=O) groups is 1. The number of fused-ring (bicyclic) bond motifs is 1. The highest BCUT2D eigenvalue weighted by Crippen LogP contribution is 2.32. The molecule has 0 unspecified atom stereocenters. The van der Waals surface area contributed by atoms with E-state index in [0.717, 1.165) is 6.08 Å². The third-order valence-corrected chi connectivity index (χ3v) is 4.91. The number of benzene rings is 2. The van der Waals surface area contributed by atoms with E-state index in [-0.39, 0.29) is 4.90 Å². The minimum atomic E-state index is -4.02. The average Bonchev–Trinajstić information content (AvgIpc) is 2.59. The summed E-state index contributed by atoms with van der Waals surface area (Å²) in [6, 6.07) is 11.0. The number of ether oxygens (including phenoxy) is 2. The van der Waals surface area contributed by atoms with Gasteiger partial charge in [0.25, 0.3) is 15.9 Å². The maximum Gasteiger partial charge on any atom is 0.264 e. The van der Waals surface area contributed by atoms with Crippen molar-refractivity contribution in [1.29, 1.82) is 0 Å². The second kappa shape index (κ2) is 7.16. The molecule has 0 fully saturated rings. The van der Waals surface area contributed by atoms with E-state index in [0.29, 0.717) is 35.3 Å². The van der Waals surface area contributed by atoms with Gasteiger partial charge in [-0.3, -0.25) is 4.79 Å². The topological polar surface area (TPSA) is 81.7 Å². The maximum absolute atomic E-state index is 12.3. The number of nitrogens with one attached hydrogen (secondary N) is 1. The Labute approximate surface area is 150 Å². The maximum atomic E-state index is 12.3. The molecule has 0 saturated heterocycles. The Hall–Kier alpha value is -2.51. The third-order valence-electron chi connectivity index (χ3n) is 3.33. The van der Waals surface area contributed by atoms with Crippen molar-refractivity contribution < 1.29 is 22.7 Å². The van der Waals surface area contributed by atoms with E-state index >= 15 is 0 Å². The molecule has 0 saturated carbocycles. The molecule has 8 heteroatoms. The molecular weight excluding hydrogens is 366 g/mol. The summed E-state index contributed by atoms with van der Waals surface area (Å²) in [4.78, 5) is 11.8. The van der Waals surface area contributed by atoms with Crippen LogP contribution in [0.5, 0.6) is 11.5 Å². The van der Waals surface area contributed by atoms with Crippen LogP contribution < -0.4 is 14.2 Å². The van der Waals surface area contributed by atoms with Crippen LogP contribution in [0.15, 0.2) is 53.4 Å². The van der Waals surface area contributed by atoms with E-state index in [1.807, 2.05) is 4.72 Å². The fraction of sp³-hybridized carbons (Fsp3) is 0.118. The number of sulfonamides is 1. The van der Waals surface area contributed by atoms with Gasteiger partial charge in [0, 0.05) is 17.2 Å². The number of hydrogen-bond donors (Lipinski definition) is 1. The van der Waals surface area contributed by atoms with Gasteiger partial charge in [-0.1, -0.05) is 23.7 Å². The number of amides is 1. The van der Waals surface area contributed by atoms with Crippen LogP contribution in [0.25, 0.3) is 6.08 Å². The molecule has 1 aliphatic rings. The van der Waals surface area contributed by atoms with Crippen LogP contribution in [-0.2, 0) is 14.8 Å². The first kappa shape index (κ1) is 17.3. The van der Waals surface area contributed by atoms with Crippen molar-refractivity contribution in [3.05, 3.63) is 59.1 Å². The Kier molecular flexibility index (Phi) is 4.96. The number of halogens is 1. The second-order valence-electron chi connectivity index (χ2n) is 5.16. The third kappa shape index (κ3) is 4.32. The van der Waals surface area contributed by atoms with Crippen molar-refractivity contribution in [3.63, 3.8) is 0 Å². The van der Waals surface area contributed by atoms with Gasteiger partial charge >= 0.3 is 0 Å². The SMILES string of the molecule is O=C(C=Cc1cccc(Cl)c1)NS(=O)(=O)c1ccc2c(c1)OCCO2. The Morgan fingerprint density at radius 1 is 1.08 bits per heavy atom. The molecule has 0 radical (unpaired) electrons. The minimum Gasteiger partial charge on any atom is -0.486 e. The normalized spacial score (nSPS) is 13.6. The summed E-state index contributed by atoms with van der Waals surface area (Å²) in [6.45, 7) is 0.745. The van der Waals surface area contributed by atoms with Crippen LogP contribution in [0.1, 0.15) is 5.56 Å². The average molecular weight is 380 g/mol. The lowest BCUT2D eigenvalue weighted by atomic mass is 10.2. The van der Waals surface area contributed by atoms with Crippen LogP contribution in [0.4, 0.5) is 0 Å². The van der Waals surface area contributed by atoms with Crippen molar-refractivity contribution in [3.8, 4) is 11.5 Å². The summed E-state index contributed by atoms with van der Waals surface area (Å²) >= 11 is 5.85. The molecule has 2 aromatic carbocycles. The largest absolute Gasteiger partial charge is 0.486 e. The quantitative estimate of drug-likeness (QED) is 0.826. The Morgan fingerprint density at radius 2 is 1.84 bits per heavy atom. The molecule has 0 aliphatic carbocycles. The van der Waals surface area contributed by atoms with Gasteiger partial charge in [-0.05, 0) is 35.9 Å². The summed E-state index contributed by atoms with van der Waals surface area (Å²) in [5.74, 6) is 0.0308. The Balaban J connectivity index is 1.73. The smallest absolute Gasteiger partial charge is 0.264 e. The molecule has 0 aromatic heterocycles. The first-order valence-electron chi connectivity index (χ1n) is 7.34. The summed E-state index contributed by atoms with van der Waals surface area (Å²) < 4.78 is 37.3. The van der Waals surface area contributed by atoms with Gasteiger partial charge in [-0.2, -0.15) is 0 Å². The van der Waals surface area contributed by atoms with Crippen LogP contribution in [0.3, 0.4) is 0 Å². The lowest BCUT2D eigenvalue weighted by Crippen LogP contribution is -2.29. The van der Waals surface area contributed by atoms with Crippen LogP contribution in [0, 0.1) is 0 Å². The van der Waals surface area contributed by atoms with Gasteiger partial charge < -0.3 is 9.47 Å². The van der Waals surface area contributed by atoms with Crippen molar-refractivity contribution in [2.45, 2.75) is 4.90 Å². The molecule has 6 nitrogen and oxygen atoms in total. The number of hydrogen-bond acceptors (Lipinski definition) is 5. The zero-order valence-corrected chi connectivity index (χ0v) is 14.5. The molecule has 0 bridgehead atoms. The van der Waals surface area contributed by atoms with Gasteiger partial charge in [-0.15, -0.1) is 0 Å². The van der Waals surface area contributed by atoms with Crippen LogP contribution in [0.2, 0.25) is 5.02 Å². The van der Waals surface area contributed by atoms with Crippen molar-refractivity contribution in [2.24, 2.45) is 0 Å². The predicted octanol–water partition coefficient (Wildman–Crippen LogP) is 2.63. The lowest BCUT2D eigenvalue weighted by molar-refractivity contribution is -0.114. The molecule has 1 N–H and O–H groups in total. The highest BCUT2D eigenvalue weighted by atomic mass is 35.5. The first-order chi connectivity index (χ1) is 11.9. The van der Waals surface area contributed by atoms with Crippen molar-refractivity contribution >= 4 is 33.6 Å². The molecule has 1 amide bonds. The highest BCUT2D eigenvalue weighted by molar-refractivity contribution is 7.90. The fourth-order valence-corrected chi connectivity index (χ4v) is 3.36. The van der Waals surface area contributed by atoms with E-state index in [2.05, 4.69) is 0 Å². The Morgan fingerprint density at radius 3 is 2.60 bits per heavy atom. The zero-order chi connectivity index (χ0) is 17.9. The molecule has 130 valence electrons.